The monoisotopic (exact) mass is 410 g/mol. The van der Waals surface area contributed by atoms with Crippen LogP contribution in [0.4, 0.5) is 5.82 Å². The third kappa shape index (κ3) is 3.51. The van der Waals surface area contributed by atoms with Crippen LogP contribution < -0.4 is 5.32 Å². The van der Waals surface area contributed by atoms with Gasteiger partial charge in [-0.3, -0.25) is 4.79 Å². The van der Waals surface area contributed by atoms with Crippen LogP contribution in [0.2, 0.25) is 0 Å². The minimum Gasteiger partial charge on any atom is -0.313 e. The van der Waals surface area contributed by atoms with Gasteiger partial charge in [0.2, 0.25) is 5.91 Å². The number of nitrogens with zero attached hydrogens (tertiary/aromatic N) is 3. The van der Waals surface area contributed by atoms with Crippen LogP contribution in [0.25, 0.3) is 27.8 Å². The van der Waals surface area contributed by atoms with Crippen molar-refractivity contribution in [3.05, 3.63) is 77.5 Å². The molecule has 0 spiro atoms. The molecule has 1 amide bonds. The number of anilines is 1. The Labute approximate surface area is 182 Å². The fourth-order valence-electron chi connectivity index (χ4n) is 4.60. The Kier molecular flexibility index (Phi) is 4.83. The molecule has 5 rings (SSSR count). The lowest BCUT2D eigenvalue weighted by atomic mass is 10.0. The summed E-state index contributed by atoms with van der Waals surface area (Å²) in [4.78, 5) is 18.6. The number of benzene rings is 2. The summed E-state index contributed by atoms with van der Waals surface area (Å²) in [5, 5.41) is 4.13. The van der Waals surface area contributed by atoms with Crippen LogP contribution in [0.15, 0.2) is 60.7 Å². The van der Waals surface area contributed by atoms with Crippen LogP contribution >= 0.6 is 0 Å². The summed E-state index contributed by atoms with van der Waals surface area (Å²) < 4.78 is 2.42. The predicted octanol–water partition coefficient (Wildman–Crippen LogP) is 4.95. The first-order valence-corrected chi connectivity index (χ1v) is 10.7. The van der Waals surface area contributed by atoms with E-state index in [0.29, 0.717) is 5.82 Å². The molecule has 156 valence electrons. The third-order valence-corrected chi connectivity index (χ3v) is 5.97. The molecule has 0 bridgehead atoms. The van der Waals surface area contributed by atoms with Gasteiger partial charge in [0.05, 0.1) is 16.9 Å². The van der Waals surface area contributed by atoms with Crippen LogP contribution in [-0.2, 0) is 17.8 Å². The first kappa shape index (κ1) is 19.5. The molecule has 4 aromatic rings. The number of pyridine rings is 1. The number of hydrogen-bond donors (Lipinski definition) is 1. The second kappa shape index (κ2) is 7.67. The minimum atomic E-state index is -0.122. The molecule has 0 unspecified atom stereocenters. The number of fused-ring (bicyclic) bond motifs is 3. The highest BCUT2D eigenvalue weighted by Crippen LogP contribution is 2.37. The van der Waals surface area contributed by atoms with Crippen molar-refractivity contribution in [3.8, 4) is 16.9 Å². The Morgan fingerprint density at radius 1 is 1.06 bits per heavy atom. The predicted molar refractivity (Wildman–Crippen MR) is 126 cm³/mol. The lowest BCUT2D eigenvalue weighted by Crippen LogP contribution is -2.27. The van der Waals surface area contributed by atoms with Crippen molar-refractivity contribution in [3.63, 3.8) is 0 Å². The Morgan fingerprint density at radius 2 is 1.90 bits per heavy atom. The van der Waals surface area contributed by atoms with E-state index in [4.69, 9.17) is 4.98 Å². The van der Waals surface area contributed by atoms with E-state index in [0.717, 1.165) is 36.5 Å². The highest BCUT2D eigenvalue weighted by Gasteiger charge is 2.24. The average Bonchev–Trinajstić information content (AvgIpc) is 3.06. The van der Waals surface area contributed by atoms with Crippen molar-refractivity contribution < 1.29 is 4.79 Å². The Bertz CT molecular complexity index is 1300. The topological polar surface area (TPSA) is 50.2 Å². The number of para-hydroxylation sites is 1. The van der Waals surface area contributed by atoms with E-state index in [9.17, 15) is 4.79 Å². The summed E-state index contributed by atoms with van der Waals surface area (Å²) in [6, 6.07) is 20.9. The summed E-state index contributed by atoms with van der Waals surface area (Å²) in [6.45, 7) is 5.65. The fourth-order valence-corrected chi connectivity index (χ4v) is 4.60. The number of amides is 1. The van der Waals surface area contributed by atoms with E-state index in [1.807, 2.05) is 24.3 Å². The molecule has 0 saturated carbocycles. The number of hydrogen-bond acceptors (Lipinski definition) is 3. The molecule has 1 aliphatic rings. The first-order chi connectivity index (χ1) is 15.0. The molecule has 3 heterocycles. The smallest absolute Gasteiger partial charge is 0.222 e. The third-order valence-electron chi connectivity index (χ3n) is 5.97. The second-order valence-corrected chi connectivity index (χ2v) is 8.38. The minimum absolute atomic E-state index is 0.122. The van der Waals surface area contributed by atoms with Crippen LogP contribution in [-0.4, -0.2) is 34.0 Å². The van der Waals surface area contributed by atoms with Crippen LogP contribution in [0.5, 0.6) is 0 Å². The molecule has 0 atom stereocenters. The summed E-state index contributed by atoms with van der Waals surface area (Å²) in [5.74, 6) is 0.444. The molecular formula is C26H26N4O. The van der Waals surface area contributed by atoms with Gasteiger partial charge >= 0.3 is 0 Å². The lowest BCUT2D eigenvalue weighted by Gasteiger charge is -2.25. The number of rotatable bonds is 3. The van der Waals surface area contributed by atoms with Gasteiger partial charge in [-0.1, -0.05) is 35.9 Å². The summed E-state index contributed by atoms with van der Waals surface area (Å²) >= 11 is 0. The molecule has 2 aromatic heterocycles. The van der Waals surface area contributed by atoms with Gasteiger partial charge in [-0.25, -0.2) is 4.98 Å². The largest absolute Gasteiger partial charge is 0.313 e. The van der Waals surface area contributed by atoms with E-state index in [-0.39, 0.29) is 5.91 Å². The van der Waals surface area contributed by atoms with E-state index in [1.54, 1.807) is 0 Å². The standard InChI is InChI=1S/C26H26N4O/c1-17-11-12-24-20(15-17)21-16-29(3)14-13-25(21)30(24)23-9-5-4-7-19(23)22-8-6-10-26(28-22)27-18(2)31/h4-12,15H,13-14,16H2,1-3H3,(H,27,28,31). The lowest BCUT2D eigenvalue weighted by molar-refractivity contribution is -0.114. The van der Waals surface area contributed by atoms with E-state index >= 15 is 0 Å². The van der Waals surface area contributed by atoms with Crippen molar-refractivity contribution in [1.29, 1.82) is 0 Å². The van der Waals surface area contributed by atoms with Gasteiger partial charge in [0.15, 0.2) is 0 Å². The Balaban J connectivity index is 1.74. The number of aromatic nitrogens is 2. The maximum atomic E-state index is 11.5. The highest BCUT2D eigenvalue weighted by atomic mass is 16.1. The first-order valence-electron chi connectivity index (χ1n) is 10.7. The normalized spacial score (nSPS) is 13.9. The van der Waals surface area contributed by atoms with E-state index in [1.165, 1.54) is 34.6 Å². The molecule has 1 N–H and O–H groups in total. The summed E-state index contributed by atoms with van der Waals surface area (Å²) in [6.07, 6.45) is 1.01. The van der Waals surface area contributed by atoms with Gasteiger partial charge in [-0.2, -0.15) is 0 Å². The van der Waals surface area contributed by atoms with Crippen molar-refractivity contribution >= 4 is 22.6 Å². The van der Waals surface area contributed by atoms with Gasteiger partial charge in [0.25, 0.3) is 0 Å². The second-order valence-electron chi connectivity index (χ2n) is 8.38. The van der Waals surface area contributed by atoms with Crippen LogP contribution in [0, 0.1) is 6.92 Å². The quantitative estimate of drug-likeness (QED) is 0.520. The zero-order valence-electron chi connectivity index (χ0n) is 18.1. The number of nitrogens with one attached hydrogen (secondary N) is 1. The van der Waals surface area contributed by atoms with Gasteiger partial charge in [0, 0.05) is 43.1 Å². The SMILES string of the molecule is CC(=O)Nc1cccc(-c2ccccc2-n2c3c(c4cc(C)ccc42)CN(C)CC3)n1. The van der Waals surface area contributed by atoms with Crippen LogP contribution in [0.1, 0.15) is 23.7 Å². The molecule has 0 fully saturated rings. The maximum Gasteiger partial charge on any atom is 0.222 e. The van der Waals surface area contributed by atoms with Gasteiger partial charge in [-0.05, 0) is 49.9 Å². The molecule has 2 aromatic carbocycles. The Morgan fingerprint density at radius 3 is 2.74 bits per heavy atom. The maximum absolute atomic E-state index is 11.5. The molecule has 0 aliphatic carbocycles. The molecule has 0 radical (unpaired) electrons. The van der Waals surface area contributed by atoms with Gasteiger partial charge < -0.3 is 14.8 Å². The van der Waals surface area contributed by atoms with E-state index < -0.39 is 0 Å². The molecule has 1 aliphatic heterocycles. The molecular weight excluding hydrogens is 384 g/mol. The summed E-state index contributed by atoms with van der Waals surface area (Å²) in [7, 11) is 2.19. The zero-order valence-corrected chi connectivity index (χ0v) is 18.1. The van der Waals surface area contributed by atoms with Crippen molar-refractivity contribution in [2.75, 3.05) is 18.9 Å². The molecule has 31 heavy (non-hydrogen) atoms. The molecule has 5 heteroatoms. The van der Waals surface area contributed by atoms with Gasteiger partial charge in [-0.15, -0.1) is 0 Å². The number of carbonyl (C=O) groups is 1. The Hall–Kier alpha value is -3.44. The fraction of sp³-hybridized carbons (Fsp3) is 0.231. The van der Waals surface area contributed by atoms with Crippen molar-refractivity contribution in [2.45, 2.75) is 26.8 Å². The van der Waals surface area contributed by atoms with Gasteiger partial charge in [0.1, 0.15) is 5.82 Å². The van der Waals surface area contributed by atoms with E-state index in [2.05, 4.69) is 65.2 Å². The van der Waals surface area contributed by atoms with Crippen LogP contribution in [0.3, 0.4) is 0 Å². The van der Waals surface area contributed by atoms with Crippen molar-refractivity contribution in [1.82, 2.24) is 14.5 Å². The number of carbonyl (C=O) groups excluding carboxylic acids is 1. The van der Waals surface area contributed by atoms with Crippen molar-refractivity contribution in [2.24, 2.45) is 0 Å². The zero-order chi connectivity index (χ0) is 21.5. The highest BCUT2D eigenvalue weighted by molar-refractivity contribution is 5.90. The average molecular weight is 411 g/mol. The number of likely N-dealkylation sites (N-methyl/N-ethyl adjacent to an activating group) is 1. The molecule has 0 saturated heterocycles. The molecule has 5 nitrogen and oxygen atoms in total. The number of aryl methyl sites for hydroxylation is 1. The summed E-state index contributed by atoms with van der Waals surface area (Å²) in [5.41, 5.74) is 8.32.